The van der Waals surface area contributed by atoms with E-state index in [4.69, 9.17) is 0 Å². The minimum atomic E-state index is -0.484. The van der Waals surface area contributed by atoms with Crippen LogP contribution < -0.4 is 0 Å². The van der Waals surface area contributed by atoms with Crippen molar-refractivity contribution in [1.29, 1.82) is 0 Å². The van der Waals surface area contributed by atoms with Gasteiger partial charge in [-0.3, -0.25) is 9.48 Å². The van der Waals surface area contributed by atoms with Crippen molar-refractivity contribution in [3.8, 4) is 0 Å². The van der Waals surface area contributed by atoms with Crippen molar-refractivity contribution in [2.75, 3.05) is 6.54 Å². The number of carbonyl (C=O) groups is 1. The second kappa shape index (κ2) is 6.42. The Balaban J connectivity index is 1.40. The molecule has 3 aromatic heterocycles. The molecule has 1 saturated carbocycles. The van der Waals surface area contributed by atoms with Crippen molar-refractivity contribution in [2.24, 2.45) is 5.92 Å². The molecule has 3 aromatic rings. The first-order valence-corrected chi connectivity index (χ1v) is 9.45. The molecule has 1 aliphatic carbocycles. The SMILES string of the molecule is O=C(c1ccc2cccnc2n1)N1CCCn2nc([C@@H](O)C3CC3)cc2C1. The summed E-state index contributed by atoms with van der Waals surface area (Å²) in [6.07, 6.45) is 4.15. The maximum absolute atomic E-state index is 13.0. The Bertz CT molecular complexity index is 1010. The molecule has 138 valence electrons. The molecular formula is C20H21N5O2. The molecule has 0 aromatic carbocycles. The molecule has 0 spiro atoms. The van der Waals surface area contributed by atoms with Gasteiger partial charge in [0.15, 0.2) is 5.65 Å². The highest BCUT2D eigenvalue weighted by Crippen LogP contribution is 2.40. The highest BCUT2D eigenvalue weighted by atomic mass is 16.3. The highest BCUT2D eigenvalue weighted by Gasteiger charge is 2.33. The van der Waals surface area contributed by atoms with Gasteiger partial charge in [0.25, 0.3) is 5.91 Å². The van der Waals surface area contributed by atoms with E-state index in [1.807, 2.05) is 33.8 Å². The zero-order valence-electron chi connectivity index (χ0n) is 15.0. The fourth-order valence-corrected chi connectivity index (χ4v) is 3.69. The maximum atomic E-state index is 13.0. The van der Waals surface area contributed by atoms with E-state index >= 15 is 0 Å². The number of rotatable bonds is 3. The lowest BCUT2D eigenvalue weighted by atomic mass is 10.1. The number of hydrogen-bond donors (Lipinski definition) is 1. The molecule has 7 nitrogen and oxygen atoms in total. The predicted molar refractivity (Wildman–Crippen MR) is 98.8 cm³/mol. The van der Waals surface area contributed by atoms with Crippen LogP contribution in [0.25, 0.3) is 11.0 Å². The number of aromatic nitrogens is 4. The minimum Gasteiger partial charge on any atom is -0.386 e. The van der Waals surface area contributed by atoms with E-state index in [2.05, 4.69) is 15.1 Å². The normalized spacial score (nSPS) is 18.2. The molecule has 4 heterocycles. The number of aliphatic hydroxyl groups is 1. The number of fused-ring (bicyclic) bond motifs is 2. The van der Waals surface area contributed by atoms with Crippen LogP contribution >= 0.6 is 0 Å². The highest BCUT2D eigenvalue weighted by molar-refractivity contribution is 5.94. The summed E-state index contributed by atoms with van der Waals surface area (Å²) >= 11 is 0. The third-order valence-corrected chi connectivity index (χ3v) is 5.37. The summed E-state index contributed by atoms with van der Waals surface area (Å²) in [7, 11) is 0. The van der Waals surface area contributed by atoms with Crippen molar-refractivity contribution in [1.82, 2.24) is 24.6 Å². The quantitative estimate of drug-likeness (QED) is 0.772. The van der Waals surface area contributed by atoms with E-state index < -0.39 is 6.10 Å². The summed E-state index contributed by atoms with van der Waals surface area (Å²) in [6, 6.07) is 9.38. The molecule has 27 heavy (non-hydrogen) atoms. The van der Waals surface area contributed by atoms with Gasteiger partial charge in [0.2, 0.25) is 0 Å². The first-order valence-electron chi connectivity index (χ1n) is 9.45. The van der Waals surface area contributed by atoms with E-state index in [1.54, 1.807) is 12.3 Å². The molecule has 5 rings (SSSR count). The van der Waals surface area contributed by atoms with Gasteiger partial charge in [0, 0.05) is 24.7 Å². The van der Waals surface area contributed by atoms with Gasteiger partial charge in [-0.25, -0.2) is 9.97 Å². The van der Waals surface area contributed by atoms with Crippen LogP contribution in [0.3, 0.4) is 0 Å². The molecule has 1 amide bonds. The van der Waals surface area contributed by atoms with Crippen molar-refractivity contribution < 1.29 is 9.90 Å². The van der Waals surface area contributed by atoms with Crippen LogP contribution in [0.2, 0.25) is 0 Å². The fourth-order valence-electron chi connectivity index (χ4n) is 3.69. The van der Waals surface area contributed by atoms with E-state index in [9.17, 15) is 9.90 Å². The van der Waals surface area contributed by atoms with Gasteiger partial charge in [-0.15, -0.1) is 0 Å². The van der Waals surface area contributed by atoms with Crippen LogP contribution in [0, 0.1) is 5.92 Å². The van der Waals surface area contributed by atoms with Gasteiger partial charge in [-0.2, -0.15) is 5.10 Å². The Kier molecular flexibility index (Phi) is 3.89. The summed E-state index contributed by atoms with van der Waals surface area (Å²) in [5.74, 6) is 0.248. The third-order valence-electron chi connectivity index (χ3n) is 5.37. The molecule has 2 aliphatic rings. The number of amides is 1. The zero-order valence-corrected chi connectivity index (χ0v) is 15.0. The second-order valence-corrected chi connectivity index (χ2v) is 7.39. The van der Waals surface area contributed by atoms with Gasteiger partial charge in [-0.1, -0.05) is 0 Å². The number of carbonyl (C=O) groups excluding carboxylic acids is 1. The Morgan fingerprint density at radius 2 is 2.11 bits per heavy atom. The second-order valence-electron chi connectivity index (χ2n) is 7.39. The Morgan fingerprint density at radius 3 is 2.96 bits per heavy atom. The van der Waals surface area contributed by atoms with E-state index in [0.717, 1.165) is 42.6 Å². The molecule has 1 atom stereocenters. The molecule has 0 unspecified atom stereocenters. The predicted octanol–water partition coefficient (Wildman–Crippen LogP) is 2.32. The van der Waals surface area contributed by atoms with Crippen molar-refractivity contribution in [2.45, 2.75) is 38.5 Å². The molecule has 0 radical (unpaired) electrons. The third kappa shape index (κ3) is 3.08. The standard InChI is InChI=1S/C20H21N5O2/c26-18(13-4-5-13)17-11-15-12-24(9-2-10-25(15)23-17)20(27)16-7-6-14-3-1-8-21-19(14)22-16/h1,3,6-8,11,13,18,26H,2,4-5,9-10,12H2/t18-/m0/s1. The Labute approximate surface area is 156 Å². The maximum Gasteiger partial charge on any atom is 0.272 e. The zero-order chi connectivity index (χ0) is 18.4. The number of nitrogens with zero attached hydrogens (tertiary/aromatic N) is 5. The van der Waals surface area contributed by atoms with Gasteiger partial charge in [0.1, 0.15) is 11.8 Å². The summed E-state index contributed by atoms with van der Waals surface area (Å²) in [5, 5.41) is 15.9. The van der Waals surface area contributed by atoms with E-state index in [0.29, 0.717) is 30.3 Å². The Hall–Kier alpha value is -2.80. The van der Waals surface area contributed by atoms with Gasteiger partial charge in [0.05, 0.1) is 17.9 Å². The van der Waals surface area contributed by atoms with Gasteiger partial charge >= 0.3 is 0 Å². The lowest BCUT2D eigenvalue weighted by Gasteiger charge is -2.19. The molecule has 7 heteroatoms. The lowest BCUT2D eigenvalue weighted by Crippen LogP contribution is -2.31. The molecule has 0 saturated heterocycles. The first kappa shape index (κ1) is 16.4. The average molecular weight is 363 g/mol. The largest absolute Gasteiger partial charge is 0.386 e. The summed E-state index contributed by atoms with van der Waals surface area (Å²) in [6.45, 7) is 1.89. The van der Waals surface area contributed by atoms with Crippen LogP contribution in [0.4, 0.5) is 0 Å². The van der Waals surface area contributed by atoms with Crippen molar-refractivity contribution >= 4 is 16.9 Å². The molecule has 0 bridgehead atoms. The summed E-state index contributed by atoms with van der Waals surface area (Å²) in [5.41, 5.74) is 2.69. The van der Waals surface area contributed by atoms with E-state index in [1.165, 1.54) is 0 Å². The van der Waals surface area contributed by atoms with Crippen LogP contribution in [0.5, 0.6) is 0 Å². The van der Waals surface area contributed by atoms with Crippen LogP contribution in [0.1, 0.15) is 47.2 Å². The van der Waals surface area contributed by atoms with E-state index in [-0.39, 0.29) is 5.91 Å². The topological polar surface area (TPSA) is 84.1 Å². The van der Waals surface area contributed by atoms with Crippen LogP contribution in [-0.4, -0.2) is 42.2 Å². The first-order chi connectivity index (χ1) is 13.2. The minimum absolute atomic E-state index is 0.0958. The van der Waals surface area contributed by atoms with Crippen molar-refractivity contribution in [3.05, 3.63) is 53.6 Å². The van der Waals surface area contributed by atoms with Gasteiger partial charge in [-0.05, 0) is 55.5 Å². The molecule has 1 N–H and O–H groups in total. The number of hydrogen-bond acceptors (Lipinski definition) is 5. The number of aryl methyl sites for hydroxylation is 1. The number of aliphatic hydroxyl groups excluding tert-OH is 1. The van der Waals surface area contributed by atoms with Crippen LogP contribution in [-0.2, 0) is 13.1 Å². The summed E-state index contributed by atoms with van der Waals surface area (Å²) in [4.78, 5) is 23.5. The van der Waals surface area contributed by atoms with Crippen LogP contribution in [0.15, 0.2) is 36.5 Å². The Morgan fingerprint density at radius 1 is 1.22 bits per heavy atom. The number of pyridine rings is 2. The smallest absolute Gasteiger partial charge is 0.272 e. The fraction of sp³-hybridized carbons (Fsp3) is 0.400. The monoisotopic (exact) mass is 363 g/mol. The molecule has 1 aliphatic heterocycles. The van der Waals surface area contributed by atoms with Gasteiger partial charge < -0.3 is 10.0 Å². The van der Waals surface area contributed by atoms with Crippen molar-refractivity contribution in [3.63, 3.8) is 0 Å². The molecule has 1 fully saturated rings. The lowest BCUT2D eigenvalue weighted by molar-refractivity contribution is 0.0740. The average Bonchev–Trinajstić information content (AvgIpc) is 3.50. The summed E-state index contributed by atoms with van der Waals surface area (Å²) < 4.78 is 1.93. The molecular weight excluding hydrogens is 342 g/mol.